The monoisotopic (exact) mass is 503 g/mol. The molecule has 1 unspecified atom stereocenters. The zero-order valence-corrected chi connectivity index (χ0v) is 20.0. The molecule has 1 aromatic rings. The number of carbonyl (C=O) groups is 4. The summed E-state index contributed by atoms with van der Waals surface area (Å²) in [4.78, 5) is 58.3. The number of amides is 5. The molecule has 178 valence electrons. The number of carbonyl (C=O) groups excluding carboxylic acids is 4. The highest BCUT2D eigenvalue weighted by Gasteiger charge is 2.36. The van der Waals surface area contributed by atoms with Gasteiger partial charge < -0.3 is 10.2 Å². The number of halogens is 2. The molecule has 1 aromatic carbocycles. The number of benzene rings is 1. The number of rotatable bonds is 5. The number of hydrogen-bond donors (Lipinski definition) is 1. The second kappa shape index (κ2) is 10.1. The van der Waals surface area contributed by atoms with E-state index in [-0.39, 0.29) is 18.5 Å². The van der Waals surface area contributed by atoms with Crippen molar-refractivity contribution in [3.63, 3.8) is 0 Å². The van der Waals surface area contributed by atoms with Crippen LogP contribution in [0, 0.1) is 0 Å². The van der Waals surface area contributed by atoms with Crippen molar-refractivity contribution < 1.29 is 19.2 Å². The Hall–Kier alpha value is -3.01. The summed E-state index contributed by atoms with van der Waals surface area (Å²) in [5, 5.41) is 3.44. The zero-order chi connectivity index (χ0) is 24.4. The van der Waals surface area contributed by atoms with Crippen molar-refractivity contribution in [2.24, 2.45) is 4.99 Å². The average molecular weight is 504 g/mol. The Morgan fingerprint density at radius 3 is 2.53 bits per heavy atom. The molecule has 5 amide bonds. The number of allylic oxidation sites excluding steroid dienone is 1. The minimum atomic E-state index is -0.778. The molecule has 0 saturated carbocycles. The summed E-state index contributed by atoms with van der Waals surface area (Å²) >= 11 is 11.9. The molecule has 11 heteroatoms. The van der Waals surface area contributed by atoms with E-state index in [9.17, 15) is 19.2 Å². The van der Waals surface area contributed by atoms with Gasteiger partial charge in [-0.2, -0.15) is 4.99 Å². The summed E-state index contributed by atoms with van der Waals surface area (Å²) in [5.41, 5.74) is 1.31. The molecule has 1 N–H and O–H groups in total. The number of piperazine rings is 1. The minimum absolute atomic E-state index is 0.0423. The third-order valence-electron chi connectivity index (χ3n) is 5.94. The van der Waals surface area contributed by atoms with Crippen LogP contribution in [0.1, 0.15) is 12.5 Å². The molecular weight excluding hydrogens is 481 g/mol. The van der Waals surface area contributed by atoms with Gasteiger partial charge in [0.1, 0.15) is 6.54 Å². The molecule has 4 rings (SSSR count). The Kier molecular flexibility index (Phi) is 7.16. The molecular formula is C23H23Cl2N5O4. The molecule has 1 atom stereocenters. The van der Waals surface area contributed by atoms with Crippen LogP contribution < -0.4 is 5.32 Å². The fourth-order valence-electron chi connectivity index (χ4n) is 4.02. The molecule has 34 heavy (non-hydrogen) atoms. The van der Waals surface area contributed by atoms with Crippen molar-refractivity contribution in [1.82, 2.24) is 20.0 Å². The lowest BCUT2D eigenvalue weighted by molar-refractivity contribution is -0.130. The van der Waals surface area contributed by atoms with Crippen LogP contribution >= 0.6 is 23.2 Å². The molecule has 9 nitrogen and oxygen atoms in total. The number of fused-ring (bicyclic) bond motifs is 1. The molecule has 0 radical (unpaired) electrons. The zero-order valence-electron chi connectivity index (χ0n) is 18.5. The van der Waals surface area contributed by atoms with Crippen LogP contribution in [-0.2, 0) is 20.9 Å². The van der Waals surface area contributed by atoms with Crippen molar-refractivity contribution in [2.45, 2.75) is 19.5 Å². The van der Waals surface area contributed by atoms with Gasteiger partial charge in [0.25, 0.3) is 5.91 Å². The molecule has 3 aliphatic rings. The first-order valence-electron chi connectivity index (χ1n) is 10.8. The first kappa shape index (κ1) is 24.1. The van der Waals surface area contributed by atoms with E-state index in [2.05, 4.69) is 15.2 Å². The number of nitrogens with zero attached hydrogens (tertiary/aromatic N) is 4. The Morgan fingerprint density at radius 1 is 1.12 bits per heavy atom. The van der Waals surface area contributed by atoms with Crippen LogP contribution in [-0.4, -0.2) is 82.9 Å². The second-order valence-corrected chi connectivity index (χ2v) is 8.98. The van der Waals surface area contributed by atoms with Gasteiger partial charge in [-0.3, -0.25) is 19.3 Å². The Morgan fingerprint density at radius 2 is 1.85 bits per heavy atom. The highest BCUT2D eigenvalue weighted by molar-refractivity contribution is 6.42. The van der Waals surface area contributed by atoms with Gasteiger partial charge in [0, 0.05) is 45.7 Å². The predicted octanol–water partition coefficient (Wildman–Crippen LogP) is 2.04. The number of aliphatic imine (C=N–C) groups is 1. The molecule has 1 aliphatic carbocycles. The maximum Gasteiger partial charge on any atom is 0.351 e. The number of hydrogen-bond acceptors (Lipinski definition) is 5. The quantitative estimate of drug-likeness (QED) is 0.662. The third-order valence-corrected chi connectivity index (χ3v) is 6.68. The van der Waals surface area contributed by atoms with Crippen LogP contribution in [0.5, 0.6) is 0 Å². The Labute approximate surface area is 206 Å². The van der Waals surface area contributed by atoms with Gasteiger partial charge in [-0.15, -0.1) is 0 Å². The van der Waals surface area contributed by atoms with Crippen LogP contribution in [0.4, 0.5) is 4.79 Å². The van der Waals surface area contributed by atoms with Crippen LogP contribution in [0.15, 0.2) is 47.0 Å². The van der Waals surface area contributed by atoms with E-state index < -0.39 is 24.4 Å². The maximum absolute atomic E-state index is 13.1. The molecule has 1 fully saturated rings. The highest BCUT2D eigenvalue weighted by Crippen LogP contribution is 2.23. The molecule has 2 heterocycles. The first-order chi connectivity index (χ1) is 16.2. The average Bonchev–Trinajstić information content (AvgIpc) is 2.82. The lowest BCUT2D eigenvalue weighted by atomic mass is 9.96. The smallest absolute Gasteiger partial charge is 0.350 e. The van der Waals surface area contributed by atoms with Gasteiger partial charge in [-0.1, -0.05) is 35.3 Å². The Bertz CT molecular complexity index is 1140. The maximum atomic E-state index is 13.1. The van der Waals surface area contributed by atoms with Gasteiger partial charge in [0.05, 0.1) is 21.3 Å². The van der Waals surface area contributed by atoms with Gasteiger partial charge >= 0.3 is 6.03 Å². The summed E-state index contributed by atoms with van der Waals surface area (Å²) in [6, 6.07) is 4.04. The fraction of sp³-hybridized carbons (Fsp3) is 0.348. The van der Waals surface area contributed by atoms with E-state index in [1.165, 1.54) is 0 Å². The number of urea groups is 1. The summed E-state index contributed by atoms with van der Waals surface area (Å²) in [6.07, 6.45) is 5.30. The van der Waals surface area contributed by atoms with Crippen molar-refractivity contribution in [1.29, 1.82) is 0 Å². The van der Waals surface area contributed by atoms with E-state index in [1.807, 2.05) is 6.08 Å². The normalized spacial score (nSPS) is 20.6. The molecule has 0 aromatic heterocycles. The molecule has 2 aliphatic heterocycles. The first-order valence-corrected chi connectivity index (χ1v) is 11.5. The van der Waals surface area contributed by atoms with E-state index in [0.717, 1.165) is 10.5 Å². The van der Waals surface area contributed by atoms with Crippen molar-refractivity contribution in [3.05, 3.63) is 57.6 Å². The number of nitrogens with one attached hydrogen (secondary N) is 1. The number of imide groups is 1. The highest BCUT2D eigenvalue weighted by atomic mass is 35.5. The topological polar surface area (TPSA) is 102 Å². The van der Waals surface area contributed by atoms with Crippen LogP contribution in [0.3, 0.4) is 0 Å². The standard InChI is InChI=1S/C23H23Cl2N5O4/c1-14(31)28-6-8-29(9-7-28)16-3-5-20-17(11-16)22(33)30(23(34)27-20)13-21(32)26-12-15-2-4-18(24)19(25)10-15/h2-5,10-11,16H,6-9,12-13H2,1H3,(H,26,32). The SMILES string of the molecule is CC(=O)N1CCN(C2C=CC3=NC(=O)N(CC(=O)NCc4ccc(Cl)c(Cl)c4)C(=O)C3=C2)CC1. The fourth-order valence-corrected chi connectivity index (χ4v) is 4.34. The summed E-state index contributed by atoms with van der Waals surface area (Å²) in [7, 11) is 0. The summed E-state index contributed by atoms with van der Waals surface area (Å²) < 4.78 is 0. The van der Waals surface area contributed by atoms with Gasteiger partial charge in [0.15, 0.2) is 0 Å². The van der Waals surface area contributed by atoms with E-state index in [4.69, 9.17) is 23.2 Å². The van der Waals surface area contributed by atoms with Crippen LogP contribution in [0.2, 0.25) is 10.0 Å². The van der Waals surface area contributed by atoms with E-state index in [0.29, 0.717) is 47.5 Å². The van der Waals surface area contributed by atoms with Crippen molar-refractivity contribution in [2.75, 3.05) is 32.7 Å². The van der Waals surface area contributed by atoms with Gasteiger partial charge in [-0.05, 0) is 29.8 Å². The lowest BCUT2D eigenvalue weighted by Gasteiger charge is -2.38. The molecule has 1 saturated heterocycles. The van der Waals surface area contributed by atoms with E-state index >= 15 is 0 Å². The minimum Gasteiger partial charge on any atom is -0.350 e. The summed E-state index contributed by atoms with van der Waals surface area (Å²) in [5.74, 6) is -1.02. The third kappa shape index (κ3) is 5.22. The van der Waals surface area contributed by atoms with Crippen LogP contribution in [0.25, 0.3) is 0 Å². The molecule has 0 spiro atoms. The lowest BCUT2D eigenvalue weighted by Crippen LogP contribution is -2.52. The van der Waals surface area contributed by atoms with Gasteiger partial charge in [0.2, 0.25) is 11.8 Å². The second-order valence-electron chi connectivity index (χ2n) is 8.17. The van der Waals surface area contributed by atoms with Gasteiger partial charge in [-0.25, -0.2) is 9.69 Å². The largest absolute Gasteiger partial charge is 0.351 e. The van der Waals surface area contributed by atoms with Crippen molar-refractivity contribution >= 4 is 52.7 Å². The van der Waals surface area contributed by atoms with E-state index in [1.54, 1.807) is 42.2 Å². The Balaban J connectivity index is 1.40. The van der Waals surface area contributed by atoms with Crippen molar-refractivity contribution in [3.8, 4) is 0 Å². The molecule has 0 bridgehead atoms. The summed E-state index contributed by atoms with van der Waals surface area (Å²) in [6.45, 7) is 3.83. The predicted molar refractivity (Wildman–Crippen MR) is 128 cm³/mol.